The summed E-state index contributed by atoms with van der Waals surface area (Å²) in [5, 5.41) is 3.46. The lowest BCUT2D eigenvalue weighted by molar-refractivity contribution is -0.148. The Hall–Kier alpha value is -0.706. The van der Waals surface area contributed by atoms with Gasteiger partial charge in [-0.3, -0.25) is 9.59 Å². The Bertz CT molecular complexity index is 584. The van der Waals surface area contributed by atoms with Gasteiger partial charge in [-0.05, 0) is 83.2 Å². The zero-order valence-corrected chi connectivity index (χ0v) is 25.9. The number of hydrogen-bond acceptors (Lipinski definition) is 6. The quantitative estimate of drug-likeness (QED) is 0.122. The molecule has 0 aliphatic heterocycles. The summed E-state index contributed by atoms with van der Waals surface area (Å²) < 4.78 is 17.6. The van der Waals surface area contributed by atoms with Crippen LogP contribution in [0, 0.1) is 17.8 Å². The van der Waals surface area contributed by atoms with E-state index < -0.39 is 16.6 Å². The number of nitrogens with one attached hydrogen (secondary N) is 1. The Morgan fingerprint density at radius 2 is 1.24 bits per heavy atom. The van der Waals surface area contributed by atoms with E-state index in [2.05, 4.69) is 52.3 Å². The molecule has 0 amide bonds. The van der Waals surface area contributed by atoms with Gasteiger partial charge < -0.3 is 18.9 Å². The van der Waals surface area contributed by atoms with Crippen molar-refractivity contribution < 1.29 is 23.2 Å². The van der Waals surface area contributed by atoms with Crippen LogP contribution >= 0.6 is 0 Å². The summed E-state index contributed by atoms with van der Waals surface area (Å²) in [6, 6.07) is 2.37. The topological polar surface area (TPSA) is 73.9 Å². The van der Waals surface area contributed by atoms with Crippen LogP contribution in [0.3, 0.4) is 0 Å². The van der Waals surface area contributed by atoms with Crippen LogP contribution in [0.1, 0.15) is 73.6 Å². The first kappa shape index (κ1) is 33.3. The smallest absolute Gasteiger partial charge is 0.309 e. The summed E-state index contributed by atoms with van der Waals surface area (Å²) in [6.45, 7) is 23.1. The minimum atomic E-state index is -1.84. The molecule has 0 saturated heterocycles. The molecule has 8 heteroatoms. The highest BCUT2D eigenvalue weighted by Crippen LogP contribution is 2.24. The summed E-state index contributed by atoms with van der Waals surface area (Å²) in [5.41, 5.74) is 0. The Balaban J connectivity index is 4.16. The third-order valence-corrected chi connectivity index (χ3v) is 13.8. The summed E-state index contributed by atoms with van der Waals surface area (Å²) in [7, 11) is -3.67. The number of hydrogen-bond donors (Lipinski definition) is 1. The zero-order chi connectivity index (χ0) is 26.4. The van der Waals surface area contributed by atoms with Crippen molar-refractivity contribution in [1.82, 2.24) is 5.32 Å². The number of carbonyl (C=O) groups excluding carboxylic acids is 2. The molecule has 6 nitrogen and oxygen atoms in total. The highest BCUT2D eigenvalue weighted by Gasteiger charge is 2.32. The van der Waals surface area contributed by atoms with Gasteiger partial charge in [-0.2, -0.15) is 0 Å². The minimum Gasteiger partial charge on any atom is -0.465 e. The third-order valence-electron chi connectivity index (χ3n) is 6.25. The SMILES string of the molecule is CCC(C)C(=O)OCCC[Si](C)(C)O[Si](C)(C)CCCOC(=O)C(C)CNC(C)CCC(C)C. The predicted octanol–water partition coefficient (Wildman–Crippen LogP) is 6.38. The second-order valence-corrected chi connectivity index (χ2v) is 20.5. The molecule has 3 unspecified atom stereocenters. The van der Waals surface area contributed by atoms with Crippen molar-refractivity contribution >= 4 is 28.6 Å². The van der Waals surface area contributed by atoms with Gasteiger partial charge in [-0.25, -0.2) is 0 Å². The number of carbonyl (C=O) groups is 2. The molecule has 0 aliphatic carbocycles. The van der Waals surface area contributed by atoms with Gasteiger partial charge in [-0.1, -0.05) is 34.6 Å². The lowest BCUT2D eigenvalue weighted by Crippen LogP contribution is -2.44. The molecule has 0 heterocycles. The predicted molar refractivity (Wildman–Crippen MR) is 147 cm³/mol. The minimum absolute atomic E-state index is 0.0283. The molecular formula is C26H55NO5Si2. The van der Waals surface area contributed by atoms with E-state index in [1.54, 1.807) is 0 Å². The lowest BCUT2D eigenvalue weighted by Gasteiger charge is -2.34. The number of rotatable bonds is 19. The van der Waals surface area contributed by atoms with Crippen LogP contribution in [0.4, 0.5) is 0 Å². The van der Waals surface area contributed by atoms with E-state index in [1.807, 2.05) is 20.8 Å². The Morgan fingerprint density at radius 1 is 0.765 bits per heavy atom. The lowest BCUT2D eigenvalue weighted by atomic mass is 10.0. The van der Waals surface area contributed by atoms with E-state index in [-0.39, 0.29) is 23.8 Å². The van der Waals surface area contributed by atoms with Crippen molar-refractivity contribution in [2.45, 2.75) is 118 Å². The van der Waals surface area contributed by atoms with Crippen LogP contribution < -0.4 is 5.32 Å². The number of esters is 2. The Morgan fingerprint density at radius 3 is 1.68 bits per heavy atom. The molecule has 0 spiro atoms. The van der Waals surface area contributed by atoms with E-state index in [4.69, 9.17) is 13.6 Å². The molecule has 0 rings (SSSR count). The van der Waals surface area contributed by atoms with Gasteiger partial charge in [0.15, 0.2) is 16.6 Å². The first-order chi connectivity index (χ1) is 15.7. The summed E-state index contributed by atoms with van der Waals surface area (Å²) in [5.74, 6) is 0.322. The van der Waals surface area contributed by atoms with Crippen LogP contribution in [-0.2, 0) is 23.2 Å². The molecule has 0 bridgehead atoms. The van der Waals surface area contributed by atoms with Crippen LogP contribution in [0.25, 0.3) is 0 Å². The fourth-order valence-corrected chi connectivity index (χ4v) is 12.6. The molecular weight excluding hydrogens is 462 g/mol. The van der Waals surface area contributed by atoms with Gasteiger partial charge >= 0.3 is 11.9 Å². The van der Waals surface area contributed by atoms with E-state index in [1.165, 1.54) is 6.42 Å². The molecule has 202 valence electrons. The average molecular weight is 518 g/mol. The van der Waals surface area contributed by atoms with Crippen molar-refractivity contribution in [3.8, 4) is 0 Å². The monoisotopic (exact) mass is 517 g/mol. The van der Waals surface area contributed by atoms with Gasteiger partial charge in [-0.15, -0.1) is 0 Å². The first-order valence-electron chi connectivity index (χ1n) is 13.5. The van der Waals surface area contributed by atoms with Crippen LogP contribution in [0.2, 0.25) is 38.3 Å². The summed E-state index contributed by atoms with van der Waals surface area (Å²) >= 11 is 0. The third kappa shape index (κ3) is 16.8. The van der Waals surface area contributed by atoms with Crippen molar-refractivity contribution in [3.63, 3.8) is 0 Å². The molecule has 1 N–H and O–H groups in total. The highest BCUT2D eigenvalue weighted by atomic mass is 28.4. The largest absolute Gasteiger partial charge is 0.465 e. The van der Waals surface area contributed by atoms with Crippen molar-refractivity contribution in [3.05, 3.63) is 0 Å². The zero-order valence-electron chi connectivity index (χ0n) is 23.9. The fourth-order valence-electron chi connectivity index (χ4n) is 3.79. The highest BCUT2D eigenvalue weighted by molar-refractivity contribution is 6.84. The molecule has 0 saturated carbocycles. The molecule has 0 aromatic rings. The number of ether oxygens (including phenoxy) is 2. The summed E-state index contributed by atoms with van der Waals surface area (Å²) in [6.07, 6.45) is 4.82. The Kier molecular flexibility index (Phi) is 16.5. The molecule has 0 aromatic heterocycles. The van der Waals surface area contributed by atoms with Crippen molar-refractivity contribution in [1.29, 1.82) is 0 Å². The van der Waals surface area contributed by atoms with Crippen LogP contribution in [-0.4, -0.2) is 54.4 Å². The van der Waals surface area contributed by atoms with Crippen LogP contribution in [0.5, 0.6) is 0 Å². The van der Waals surface area contributed by atoms with Gasteiger partial charge in [0.1, 0.15) is 0 Å². The van der Waals surface area contributed by atoms with Gasteiger partial charge in [0.25, 0.3) is 0 Å². The average Bonchev–Trinajstić information content (AvgIpc) is 2.74. The maximum Gasteiger partial charge on any atom is 0.309 e. The molecule has 0 radical (unpaired) electrons. The van der Waals surface area contributed by atoms with E-state index in [9.17, 15) is 9.59 Å². The molecule has 34 heavy (non-hydrogen) atoms. The van der Waals surface area contributed by atoms with Gasteiger partial charge in [0.05, 0.1) is 25.0 Å². The van der Waals surface area contributed by atoms with Gasteiger partial charge in [0, 0.05) is 12.6 Å². The fraction of sp³-hybridized carbons (Fsp3) is 0.923. The standard InChI is InChI=1S/C26H55NO5Si2/c1-11-22(4)25(28)30-16-12-18-33(7,8)32-34(9,10)19-13-17-31-26(29)23(5)20-27-24(6)15-14-21(2)3/h21-24,27H,11-20H2,1-10H3. The van der Waals surface area contributed by atoms with Crippen molar-refractivity contribution in [2.75, 3.05) is 19.8 Å². The van der Waals surface area contributed by atoms with Crippen molar-refractivity contribution in [2.24, 2.45) is 17.8 Å². The normalized spacial score (nSPS) is 15.1. The van der Waals surface area contributed by atoms with E-state index >= 15 is 0 Å². The Labute approximate surface area is 212 Å². The second-order valence-electron chi connectivity index (χ2n) is 11.7. The van der Waals surface area contributed by atoms with Crippen LogP contribution in [0.15, 0.2) is 0 Å². The molecule has 0 fully saturated rings. The van der Waals surface area contributed by atoms with E-state index in [0.717, 1.165) is 37.8 Å². The summed E-state index contributed by atoms with van der Waals surface area (Å²) in [4.78, 5) is 24.1. The van der Waals surface area contributed by atoms with E-state index in [0.29, 0.717) is 31.7 Å². The maximum absolute atomic E-state index is 12.3. The molecule has 0 aromatic carbocycles. The second kappa shape index (κ2) is 16.9. The molecule has 3 atom stereocenters. The maximum atomic E-state index is 12.3. The first-order valence-corrected chi connectivity index (χ1v) is 19.7. The van der Waals surface area contributed by atoms with Gasteiger partial charge in [0.2, 0.25) is 0 Å². The molecule has 0 aliphatic rings.